The summed E-state index contributed by atoms with van der Waals surface area (Å²) in [5.74, 6) is -2.34. The van der Waals surface area contributed by atoms with Crippen molar-refractivity contribution in [3.05, 3.63) is 94.5 Å². The Morgan fingerprint density at radius 3 is 2.35 bits per heavy atom. The lowest BCUT2D eigenvalue weighted by Gasteiger charge is -2.21. The Morgan fingerprint density at radius 1 is 1.03 bits per heavy atom. The van der Waals surface area contributed by atoms with Gasteiger partial charge in [-0.1, -0.05) is 66.2 Å². The fraction of sp³-hybridized carbons (Fsp3) is 0.125. The number of carboxylic acids is 1. The molecule has 1 heterocycles. The van der Waals surface area contributed by atoms with Crippen molar-refractivity contribution in [2.24, 2.45) is 0 Å². The lowest BCUT2D eigenvalue weighted by molar-refractivity contribution is -0.139. The van der Waals surface area contributed by atoms with Crippen molar-refractivity contribution in [1.82, 2.24) is 14.9 Å². The van der Waals surface area contributed by atoms with E-state index in [9.17, 15) is 24.3 Å². The summed E-state index contributed by atoms with van der Waals surface area (Å²) in [7, 11) is 0. The molecule has 2 aromatic carbocycles. The number of carboxylic acid groups (broad SMARTS) is 1. The molecule has 172 valence electrons. The monoisotopic (exact) mass is 479 g/mol. The van der Waals surface area contributed by atoms with Crippen LogP contribution >= 0.6 is 11.6 Å². The van der Waals surface area contributed by atoms with Crippen molar-refractivity contribution in [3.63, 3.8) is 0 Å². The number of ether oxygens (including phenoxy) is 1. The molecule has 1 unspecified atom stereocenters. The van der Waals surface area contributed by atoms with Gasteiger partial charge in [0.1, 0.15) is 23.4 Å². The normalized spacial score (nSPS) is 13.9. The van der Waals surface area contributed by atoms with Gasteiger partial charge in [0.15, 0.2) is 0 Å². The number of ketones is 2. The Labute approximate surface area is 198 Å². The smallest absolute Gasteiger partial charge is 0.408 e. The van der Waals surface area contributed by atoms with E-state index in [1.54, 1.807) is 36.4 Å². The zero-order valence-electron chi connectivity index (χ0n) is 17.6. The Hall–Kier alpha value is -4.24. The number of alkyl carbamates (subject to hydrolysis) is 1. The van der Waals surface area contributed by atoms with Gasteiger partial charge in [-0.2, -0.15) is 0 Å². The number of halogens is 1. The molecule has 4 rings (SSSR count). The van der Waals surface area contributed by atoms with Crippen molar-refractivity contribution < 1.29 is 29.0 Å². The van der Waals surface area contributed by atoms with Crippen LogP contribution in [0.4, 0.5) is 4.79 Å². The van der Waals surface area contributed by atoms with Gasteiger partial charge in [0, 0.05) is 29.4 Å². The molecular weight excluding hydrogens is 462 g/mol. The number of nitrogens with zero attached hydrogens (tertiary/aromatic N) is 2. The Morgan fingerprint density at radius 2 is 1.68 bits per heavy atom. The van der Waals surface area contributed by atoms with Crippen LogP contribution in [0.1, 0.15) is 32.0 Å². The van der Waals surface area contributed by atoms with E-state index in [2.05, 4.69) is 10.3 Å². The molecule has 0 saturated heterocycles. The highest BCUT2D eigenvalue weighted by molar-refractivity contribution is 6.55. The molecule has 1 aliphatic rings. The second-order valence-corrected chi connectivity index (χ2v) is 7.80. The van der Waals surface area contributed by atoms with Gasteiger partial charge in [0.2, 0.25) is 11.6 Å². The van der Waals surface area contributed by atoms with E-state index in [-0.39, 0.29) is 40.6 Å². The van der Waals surface area contributed by atoms with Crippen LogP contribution in [0.5, 0.6) is 0 Å². The van der Waals surface area contributed by atoms with Crippen LogP contribution in [0.25, 0.3) is 5.70 Å². The number of rotatable bonds is 7. The van der Waals surface area contributed by atoms with Gasteiger partial charge in [-0.25, -0.2) is 14.6 Å². The zero-order valence-corrected chi connectivity index (χ0v) is 18.4. The highest BCUT2D eigenvalue weighted by atomic mass is 35.5. The zero-order chi connectivity index (χ0) is 24.2. The summed E-state index contributed by atoms with van der Waals surface area (Å²) in [5.41, 5.74) is 1.24. The summed E-state index contributed by atoms with van der Waals surface area (Å²) >= 11 is 6.26. The van der Waals surface area contributed by atoms with E-state index in [4.69, 9.17) is 16.3 Å². The Bertz CT molecular complexity index is 1320. The lowest BCUT2D eigenvalue weighted by atomic mass is 9.92. The number of aliphatic carboxylic acids is 1. The summed E-state index contributed by atoms with van der Waals surface area (Å²) in [6, 6.07) is 13.8. The summed E-state index contributed by atoms with van der Waals surface area (Å²) in [6.45, 7) is -0.0323. The van der Waals surface area contributed by atoms with Crippen LogP contribution in [0.3, 0.4) is 0 Å². The molecule has 34 heavy (non-hydrogen) atoms. The minimum Gasteiger partial charge on any atom is -0.480 e. The molecule has 0 radical (unpaired) electrons. The number of hydrogen-bond donors (Lipinski definition) is 2. The molecule has 0 aliphatic heterocycles. The van der Waals surface area contributed by atoms with Crippen molar-refractivity contribution in [1.29, 1.82) is 0 Å². The molecule has 0 fully saturated rings. The van der Waals surface area contributed by atoms with Gasteiger partial charge in [-0.15, -0.1) is 0 Å². The fourth-order valence-corrected chi connectivity index (χ4v) is 3.82. The summed E-state index contributed by atoms with van der Waals surface area (Å²) in [6.07, 6.45) is 1.44. The topological polar surface area (TPSA) is 128 Å². The predicted molar refractivity (Wildman–Crippen MR) is 121 cm³/mol. The maximum atomic E-state index is 13.1. The van der Waals surface area contributed by atoms with Gasteiger partial charge >= 0.3 is 12.1 Å². The van der Waals surface area contributed by atoms with Gasteiger partial charge < -0.3 is 15.2 Å². The van der Waals surface area contributed by atoms with Crippen molar-refractivity contribution in [2.45, 2.75) is 19.1 Å². The molecule has 1 aliphatic carbocycles. The average Bonchev–Trinajstić information content (AvgIpc) is 3.29. The minimum atomic E-state index is -1.39. The first-order chi connectivity index (χ1) is 16.4. The van der Waals surface area contributed by atoms with Crippen molar-refractivity contribution in [3.8, 4) is 0 Å². The van der Waals surface area contributed by atoms with Crippen LogP contribution in [0.2, 0.25) is 0 Å². The van der Waals surface area contributed by atoms with E-state index in [0.717, 1.165) is 5.56 Å². The Balaban J connectivity index is 1.54. The molecule has 0 saturated carbocycles. The molecule has 10 heteroatoms. The largest absolute Gasteiger partial charge is 0.480 e. The third-order valence-electron chi connectivity index (χ3n) is 5.21. The maximum Gasteiger partial charge on any atom is 0.408 e. The minimum absolute atomic E-state index is 0.0323. The third-order valence-corrected chi connectivity index (χ3v) is 5.56. The van der Waals surface area contributed by atoms with Crippen LogP contribution in [-0.2, 0) is 22.6 Å². The molecule has 0 bridgehead atoms. The van der Waals surface area contributed by atoms with E-state index in [1.807, 2.05) is 6.07 Å². The molecule has 1 atom stereocenters. The average molecular weight is 480 g/mol. The molecule has 9 nitrogen and oxygen atoms in total. The number of benzene rings is 2. The quantitative estimate of drug-likeness (QED) is 0.532. The summed E-state index contributed by atoms with van der Waals surface area (Å²) in [5, 5.41) is 11.6. The SMILES string of the molecule is O=C(NC(Cc1cncn1C1=C(Cl)C(=O)c2ccccc2C1=O)C(=O)O)OCc1ccccc1. The standard InChI is InChI=1S/C24H18ClN3O6/c25-19-20(22(30)17-9-5-4-8-16(17)21(19)29)28-13-26-11-15(28)10-18(23(31)32)27-24(33)34-12-14-6-2-1-3-7-14/h1-9,11,13,18H,10,12H2,(H,27,33)(H,31,32). The summed E-state index contributed by atoms with van der Waals surface area (Å²) in [4.78, 5) is 53.8. The number of imidazole rings is 1. The fourth-order valence-electron chi connectivity index (χ4n) is 3.54. The maximum absolute atomic E-state index is 13.1. The lowest BCUT2D eigenvalue weighted by Crippen LogP contribution is -2.43. The van der Waals surface area contributed by atoms with E-state index in [0.29, 0.717) is 0 Å². The van der Waals surface area contributed by atoms with Crippen LogP contribution in [0, 0.1) is 0 Å². The van der Waals surface area contributed by atoms with E-state index >= 15 is 0 Å². The number of Topliss-reactive ketones (excluding diaryl/α,β-unsaturated/α-hetero) is 2. The highest BCUT2D eigenvalue weighted by Crippen LogP contribution is 2.32. The number of fused-ring (bicyclic) bond motifs is 1. The second kappa shape index (κ2) is 9.72. The number of allylic oxidation sites excluding steroid dienone is 2. The molecule has 0 spiro atoms. The molecular formula is C24H18ClN3O6. The van der Waals surface area contributed by atoms with Gasteiger partial charge in [0.05, 0.1) is 6.33 Å². The number of carbonyl (C=O) groups excluding carboxylic acids is 3. The van der Waals surface area contributed by atoms with E-state index in [1.165, 1.54) is 29.2 Å². The van der Waals surface area contributed by atoms with E-state index < -0.39 is 29.7 Å². The number of hydrogen-bond acceptors (Lipinski definition) is 6. The molecule has 3 aromatic rings. The van der Waals surface area contributed by atoms with Crippen LogP contribution in [-0.4, -0.2) is 44.3 Å². The molecule has 2 N–H and O–H groups in total. The number of nitrogens with one attached hydrogen (secondary N) is 1. The predicted octanol–water partition coefficient (Wildman–Crippen LogP) is 3.29. The Kier molecular flexibility index (Phi) is 6.55. The van der Waals surface area contributed by atoms with Gasteiger partial charge in [-0.05, 0) is 5.56 Å². The van der Waals surface area contributed by atoms with Crippen molar-refractivity contribution >= 4 is 40.9 Å². The molecule has 1 amide bonds. The number of carbonyl (C=O) groups is 4. The second-order valence-electron chi connectivity index (χ2n) is 7.42. The highest BCUT2D eigenvalue weighted by Gasteiger charge is 2.34. The van der Waals surface area contributed by atoms with Gasteiger partial charge in [-0.3, -0.25) is 14.2 Å². The summed E-state index contributed by atoms with van der Waals surface area (Å²) < 4.78 is 6.37. The van der Waals surface area contributed by atoms with Crippen LogP contribution < -0.4 is 5.32 Å². The van der Waals surface area contributed by atoms with Crippen LogP contribution in [0.15, 0.2) is 72.2 Å². The first-order valence-corrected chi connectivity index (χ1v) is 10.5. The third kappa shape index (κ3) is 4.60. The first kappa shape index (κ1) is 22.9. The van der Waals surface area contributed by atoms with Crippen molar-refractivity contribution in [2.75, 3.05) is 0 Å². The first-order valence-electron chi connectivity index (χ1n) is 10.2. The number of aromatic nitrogens is 2. The number of amides is 1. The van der Waals surface area contributed by atoms with Gasteiger partial charge in [0.25, 0.3) is 0 Å². The molecule has 1 aromatic heterocycles.